The number of cyclic esters (lactones) is 1. The van der Waals surface area contributed by atoms with Gasteiger partial charge in [-0.3, -0.25) is 33.3 Å². The lowest BCUT2D eigenvalue weighted by atomic mass is 9.73. The topological polar surface area (TPSA) is 828 Å². The van der Waals surface area contributed by atoms with Crippen LogP contribution in [-0.4, -0.2) is 510 Å². The average Bonchev–Trinajstić information content (AvgIpc) is 1.13. The first-order chi connectivity index (χ1) is 68.5. The van der Waals surface area contributed by atoms with Gasteiger partial charge in [-0.05, 0) is 64.6 Å². The van der Waals surface area contributed by atoms with E-state index in [1.165, 1.54) is 25.3 Å². The molecular formula is C90H151N4O48PS3. The maximum absolute atomic E-state index is 13.3. The molecule has 14 bridgehead atoms. The molecule has 45 atom stereocenters. The van der Waals surface area contributed by atoms with E-state index in [0.717, 1.165) is 48.4 Å². The summed E-state index contributed by atoms with van der Waals surface area (Å²) in [4.78, 5) is 89.6. The van der Waals surface area contributed by atoms with Crippen LogP contribution in [0, 0.1) is 29.1 Å². The Kier molecular flexibility index (Phi) is 49.1. The number of aromatic nitrogens is 1. The summed E-state index contributed by atoms with van der Waals surface area (Å²) in [6, 6.07) is -1.18. The van der Waals surface area contributed by atoms with Crippen LogP contribution in [-0.2, 0) is 120 Å². The molecule has 1 saturated carbocycles. The Labute approximate surface area is 854 Å². The zero-order valence-corrected chi connectivity index (χ0v) is 84.7. The van der Waals surface area contributed by atoms with Crippen LogP contribution in [0.1, 0.15) is 124 Å². The number of fused-ring (bicyclic) bond motifs is 1. The smallest absolute Gasteiger partial charge is 0.321 e. The first-order valence-corrected chi connectivity index (χ1v) is 53.3. The quantitative estimate of drug-likeness (QED) is 0.0132. The van der Waals surface area contributed by atoms with E-state index in [1.54, 1.807) is 20.8 Å². The van der Waals surface area contributed by atoms with E-state index >= 15 is 0 Å². The first-order valence-electron chi connectivity index (χ1n) is 48.2. The van der Waals surface area contributed by atoms with Crippen molar-refractivity contribution >= 4 is 83.7 Å². The molecule has 0 spiro atoms. The number of nitrogens with one attached hydrogen (secondary N) is 2. The molecule has 1 aromatic rings. The summed E-state index contributed by atoms with van der Waals surface area (Å²) in [6.45, 7) is 7.30. The molecule has 15 unspecified atom stereocenters. The summed E-state index contributed by atoms with van der Waals surface area (Å²) in [5.41, 5.74) is 5.11. The molecule has 0 amide bonds. The maximum Gasteiger partial charge on any atom is 0.321 e. The minimum Gasteiger partial charge on any atom is -0.481 e. The van der Waals surface area contributed by atoms with Gasteiger partial charge in [0.1, 0.15) is 181 Å². The summed E-state index contributed by atoms with van der Waals surface area (Å²) in [7, 11) is -2.17. The Balaban J connectivity index is 0.000000459. The van der Waals surface area contributed by atoms with Crippen molar-refractivity contribution in [1.82, 2.24) is 15.4 Å². The number of carboxylic acids is 2. The van der Waals surface area contributed by atoms with Gasteiger partial charge in [0, 0.05) is 79.1 Å². The number of carbonyl (C=O) groups is 6. The summed E-state index contributed by atoms with van der Waals surface area (Å²) in [5.74, 6) is -8.99. The van der Waals surface area contributed by atoms with E-state index in [-0.39, 0.29) is 119 Å². The van der Waals surface area contributed by atoms with Gasteiger partial charge in [0.15, 0.2) is 37.7 Å². The van der Waals surface area contributed by atoms with Crippen LogP contribution in [0.4, 0.5) is 0 Å². The number of carbonyl (C=O) groups excluding carboxylic acids is 4. The van der Waals surface area contributed by atoms with E-state index in [2.05, 4.69) is 15.4 Å². The van der Waals surface area contributed by atoms with E-state index in [0.29, 0.717) is 17.1 Å². The van der Waals surface area contributed by atoms with Gasteiger partial charge in [0.05, 0.1) is 137 Å². The molecule has 52 nitrogen and oxygen atoms in total. The Bertz CT molecular complexity index is 4290. The molecular weight excluding hydrogens is 2030 g/mol. The number of thiazole rings is 1. The minimum absolute atomic E-state index is 0. The number of aliphatic hydroxyl groups is 21. The highest BCUT2D eigenvalue weighted by molar-refractivity contribution is 7.99. The second kappa shape index (κ2) is 57.2. The van der Waals surface area contributed by atoms with Gasteiger partial charge in [-0.1, -0.05) is 41.5 Å². The third kappa shape index (κ3) is 32.2. The number of likely N-dealkylation sites (N-methyl/N-ethyl adjacent to an activating group) is 1. The number of thioether (sulfide) groups is 2. The molecule has 22 aliphatic heterocycles. The Hall–Kier alpha value is -3.92. The number of Topliss-reactive ketones (excluding diaryl/α,β-unsaturated/α-hetero) is 3. The number of aliphatic hydroxyl groups excluding tert-OH is 21. The fourth-order valence-corrected chi connectivity index (χ4v) is 22.7. The van der Waals surface area contributed by atoms with Crippen molar-refractivity contribution in [3.05, 3.63) is 21.7 Å². The standard InChI is InChI=1S/C60H99NO40S2.C29H48N3O8PS.CH4/c1-20(67)3-5-87-7-8-88-6-4-23(68)9-22(53(83)84)16-102-18-30-51-38(75)44(81)59(94-30)99-49-28(14-65)91-57(41(78)35(49)72)98-48-27(13-64)93-58(43(80)37(48)74)101-52-31(19-103-17-24(61-2)54(85)86)95-60(45(82)39(52)76)100-50-29(15-66)92-56(42(79)36(50)73)97-47-26(12-63)90-55(40(77)34(47)71)96-46-21(11-62)10-25(89-51)32(69)33(46)70;1-17-8-7-9-29(6)23(40-29)13-21(39-25(34)14-22(33)28(4,5)27(36)19(3)26(17)35)18(2)12-20-16-42-24(32-20)15-31-41(37,38)11-10-30;/h21-22,24-52,55-66,69-82H,3-19H2,1-2H3,(H,83,84)(H,85,86);12,16-17,19,21-23,26,33,35H,7-11,13-15,30H2,1-6H3,(H2,31,37,38);1H4/b;18-12+;/t21?,22-,24-,25+,26?,27?,28?,29?,30?,31?,32?,33-,34-,35-,36-,37-,38-,39-,40?,41?,42?,43?,44?,45?,46-,47-,48-,49-,50-,51-,52-,55-,56-,57-,58-,59-,60-;17-,19+,21-,22-,23-,26-,29+;/m11./s1. The minimum atomic E-state index is -3.53. The van der Waals surface area contributed by atoms with E-state index in [1.807, 2.05) is 32.2 Å². The number of nitrogens with zero attached hydrogens (tertiary/aromatic N) is 1. The third-order valence-electron chi connectivity index (χ3n) is 27.8. The molecule has 842 valence electrons. The molecule has 23 aliphatic rings. The zero-order valence-electron chi connectivity index (χ0n) is 81.4. The lowest BCUT2D eigenvalue weighted by Gasteiger charge is -2.50. The summed E-state index contributed by atoms with van der Waals surface area (Å²) >= 11 is 3.04. The highest BCUT2D eigenvalue weighted by atomic mass is 32.2. The van der Waals surface area contributed by atoms with Crippen LogP contribution < -0.4 is 16.1 Å². The van der Waals surface area contributed by atoms with Gasteiger partial charge in [-0.25, -0.2) is 10.1 Å². The van der Waals surface area contributed by atoms with Crippen molar-refractivity contribution in [3.63, 3.8) is 0 Å². The van der Waals surface area contributed by atoms with Gasteiger partial charge in [-0.2, -0.15) is 23.5 Å². The van der Waals surface area contributed by atoms with Gasteiger partial charge < -0.3 is 214 Å². The van der Waals surface area contributed by atoms with Crippen molar-refractivity contribution in [2.75, 3.05) is 102 Å². The molecule has 28 N–H and O–H groups in total. The fraction of sp³-hybridized carbons (Fsp3) is 0.878. The molecule has 0 radical (unpaired) electrons. The molecule has 146 heavy (non-hydrogen) atoms. The van der Waals surface area contributed by atoms with Crippen LogP contribution in [0.15, 0.2) is 11.0 Å². The molecule has 1 aliphatic carbocycles. The summed E-state index contributed by atoms with van der Waals surface area (Å²) in [5, 5.41) is 267. The predicted octanol–water partition coefficient (Wildman–Crippen LogP) is -8.31. The summed E-state index contributed by atoms with van der Waals surface area (Å²) in [6.07, 6.45) is -68.6. The summed E-state index contributed by atoms with van der Waals surface area (Å²) < 4.78 is 112. The Morgan fingerprint density at radius 2 is 0.986 bits per heavy atom. The number of nitrogens with two attached hydrogens (primary N) is 1. The van der Waals surface area contributed by atoms with Crippen LogP contribution in [0.2, 0.25) is 0 Å². The molecule has 0 aromatic carbocycles. The largest absolute Gasteiger partial charge is 0.481 e. The van der Waals surface area contributed by atoms with Gasteiger partial charge in [0.2, 0.25) is 0 Å². The predicted molar refractivity (Wildman–Crippen MR) is 503 cm³/mol. The number of rotatable bonds is 34. The SMILES string of the molecule is C.C/C(=C\c1csc(CNP(=O)(O)CCN)n1)[C@H]1C[C@H]2O[C@@]2(C)CCC[C@@H](C)[C@@H](O)[C@H](C)C(=O)C(C)(C)[C@H](O)CC(=O)O1.CN[C@H](CSCC1O[C@@H]2O[C@@H]3C(CO)O[C@H](O[C@@H]4C(CO)O[C@H](O[C@@H]5C(CO)C[C@H](O[C@@H]6C(CSC[C@@H](CC(=O)CCOCCOCCC(C)=O)C(=O)O)O[C@H](O[C@@H]7C(CO)O[C@H](O[C@@H]8C(CO)O[C@H](O[C@H]1[C@H](O)C2O)C(O)[C@H]8O)C(O)[C@H]7O)C(O)[C@H]6O)C(O)[C@H]5O)C(O)[C@H]4O)C(O)[C@H]3O)C(=O)O. The lowest BCUT2D eigenvalue weighted by Crippen LogP contribution is -2.68. The lowest BCUT2D eigenvalue weighted by molar-refractivity contribution is -0.394. The van der Waals surface area contributed by atoms with Crippen molar-refractivity contribution in [2.24, 2.45) is 34.8 Å². The number of hydrogen-bond donors (Lipinski definition) is 27. The Morgan fingerprint density at radius 3 is 1.41 bits per heavy atom. The van der Waals surface area contributed by atoms with E-state index in [9.17, 15) is 156 Å². The van der Waals surface area contributed by atoms with Crippen LogP contribution in [0.5, 0.6) is 0 Å². The van der Waals surface area contributed by atoms with Crippen molar-refractivity contribution in [1.29, 1.82) is 0 Å². The highest BCUT2D eigenvalue weighted by Gasteiger charge is 2.61. The number of epoxide rings is 1. The molecule has 56 heteroatoms. The average molecular weight is 2180 g/mol. The third-order valence-corrected chi connectivity index (χ3v) is 32.6. The number of ether oxygens (including phenoxy) is 17. The second-order valence-corrected chi connectivity index (χ2v) is 44.2. The van der Waals surface area contributed by atoms with Crippen molar-refractivity contribution in [3.8, 4) is 0 Å². The number of aliphatic carboxylic acids is 2. The van der Waals surface area contributed by atoms with Gasteiger partial charge >= 0.3 is 17.9 Å². The fourth-order valence-electron chi connectivity index (χ4n) is 18.6. The van der Waals surface area contributed by atoms with Gasteiger partial charge in [0.25, 0.3) is 7.52 Å². The first kappa shape index (κ1) is 126. The van der Waals surface area contributed by atoms with E-state index in [4.69, 9.17) is 86.3 Å². The van der Waals surface area contributed by atoms with Crippen LogP contribution >= 0.6 is 42.4 Å². The van der Waals surface area contributed by atoms with Crippen LogP contribution in [0.25, 0.3) is 6.08 Å². The number of ketones is 3. The zero-order chi connectivity index (χ0) is 107. The monoisotopic (exact) mass is 2180 g/mol. The van der Waals surface area contributed by atoms with E-state index < -0.39 is 339 Å². The second-order valence-electron chi connectivity index (χ2n) is 38.9. The molecule has 23 fully saturated rings. The Morgan fingerprint density at radius 1 is 0.562 bits per heavy atom. The molecule has 23 heterocycles. The van der Waals surface area contributed by atoms with Crippen LogP contribution in [0.3, 0.4) is 0 Å². The van der Waals surface area contributed by atoms with Crippen molar-refractivity contribution in [2.45, 2.75) is 365 Å². The number of carboxylic acid groups (broad SMARTS) is 2. The molecule has 1 aromatic heterocycles. The normalized spacial score (nSPS) is 41.7. The van der Waals surface area contributed by atoms with Crippen molar-refractivity contribution < 1.29 is 236 Å². The maximum atomic E-state index is 13.3. The van der Waals surface area contributed by atoms with Gasteiger partial charge in [-0.15, -0.1) is 11.3 Å². The molecule has 22 saturated heterocycles. The number of esters is 1. The number of hydrogen-bond acceptors (Lipinski definition) is 51. The highest BCUT2D eigenvalue weighted by Crippen LogP contribution is 2.47. The molecule has 24 rings (SSSR count).